The average Bonchev–Trinajstić information content (AvgIpc) is 3.45. The normalized spacial score (nSPS) is 16.7. The Balaban J connectivity index is 1.53. The molecular weight excluding hydrogens is 406 g/mol. The van der Waals surface area contributed by atoms with Gasteiger partial charge in [0.2, 0.25) is 5.91 Å². The second-order valence-electron chi connectivity index (χ2n) is 8.32. The van der Waals surface area contributed by atoms with Crippen LogP contribution in [-0.2, 0) is 11.3 Å². The molecule has 1 N–H and O–H groups in total. The summed E-state index contributed by atoms with van der Waals surface area (Å²) in [4.78, 5) is 30.2. The SMILES string of the molecule is COc1ccc([C@H](CC(=O)NCCN2CCCC2)N2Cc3ccccc3C2=O)cc1OC. The first-order chi connectivity index (χ1) is 15.6. The van der Waals surface area contributed by atoms with E-state index in [9.17, 15) is 9.59 Å². The van der Waals surface area contributed by atoms with Gasteiger partial charge in [-0.2, -0.15) is 0 Å². The number of carbonyl (C=O) groups is 2. The Labute approximate surface area is 189 Å². The molecule has 7 heteroatoms. The van der Waals surface area contributed by atoms with Crippen molar-refractivity contribution in [3.05, 3.63) is 59.2 Å². The third-order valence-corrected chi connectivity index (χ3v) is 6.35. The Morgan fingerprint density at radius 1 is 1.06 bits per heavy atom. The third-order valence-electron chi connectivity index (χ3n) is 6.35. The molecule has 1 fully saturated rings. The summed E-state index contributed by atoms with van der Waals surface area (Å²) in [5, 5.41) is 3.05. The predicted molar refractivity (Wildman–Crippen MR) is 122 cm³/mol. The van der Waals surface area contributed by atoms with Crippen molar-refractivity contribution in [2.45, 2.75) is 31.8 Å². The van der Waals surface area contributed by atoms with Gasteiger partial charge in [-0.3, -0.25) is 9.59 Å². The highest BCUT2D eigenvalue weighted by molar-refractivity contribution is 5.98. The van der Waals surface area contributed by atoms with Crippen molar-refractivity contribution >= 4 is 11.8 Å². The predicted octanol–water partition coefficient (Wildman–Crippen LogP) is 3.00. The molecule has 0 aromatic heterocycles. The van der Waals surface area contributed by atoms with Gasteiger partial charge in [-0.25, -0.2) is 0 Å². The lowest BCUT2D eigenvalue weighted by Gasteiger charge is -2.28. The summed E-state index contributed by atoms with van der Waals surface area (Å²) in [5.41, 5.74) is 2.53. The molecule has 0 aliphatic carbocycles. The molecule has 2 aromatic rings. The second-order valence-corrected chi connectivity index (χ2v) is 8.32. The molecule has 4 rings (SSSR count). The maximum atomic E-state index is 13.2. The van der Waals surface area contributed by atoms with E-state index < -0.39 is 6.04 Å². The molecule has 2 aliphatic heterocycles. The molecule has 7 nitrogen and oxygen atoms in total. The maximum absolute atomic E-state index is 13.2. The fraction of sp³-hybridized carbons (Fsp3) is 0.440. The minimum atomic E-state index is -0.401. The minimum absolute atomic E-state index is 0.0507. The van der Waals surface area contributed by atoms with Gasteiger partial charge in [0, 0.05) is 25.2 Å². The van der Waals surface area contributed by atoms with Crippen LogP contribution in [0.25, 0.3) is 0 Å². The summed E-state index contributed by atoms with van der Waals surface area (Å²) in [5.74, 6) is 1.08. The molecule has 2 heterocycles. The van der Waals surface area contributed by atoms with Gasteiger partial charge >= 0.3 is 0 Å². The summed E-state index contributed by atoms with van der Waals surface area (Å²) >= 11 is 0. The lowest BCUT2D eigenvalue weighted by Crippen LogP contribution is -2.37. The van der Waals surface area contributed by atoms with Crippen molar-refractivity contribution in [3.8, 4) is 11.5 Å². The Morgan fingerprint density at radius 2 is 1.81 bits per heavy atom. The number of ether oxygens (including phenoxy) is 2. The molecular formula is C25H31N3O4. The summed E-state index contributed by atoms with van der Waals surface area (Å²) in [7, 11) is 3.17. The molecule has 2 aromatic carbocycles. The van der Waals surface area contributed by atoms with Crippen molar-refractivity contribution < 1.29 is 19.1 Å². The number of nitrogens with one attached hydrogen (secondary N) is 1. The summed E-state index contributed by atoms with van der Waals surface area (Å²) in [6, 6.07) is 12.8. The monoisotopic (exact) mass is 437 g/mol. The fourth-order valence-corrected chi connectivity index (χ4v) is 4.60. The number of hydrogen-bond donors (Lipinski definition) is 1. The van der Waals surface area contributed by atoms with Gasteiger partial charge in [0.25, 0.3) is 5.91 Å². The van der Waals surface area contributed by atoms with Gasteiger partial charge < -0.3 is 24.6 Å². The highest BCUT2D eigenvalue weighted by Crippen LogP contribution is 2.37. The van der Waals surface area contributed by atoms with Crippen molar-refractivity contribution in [2.24, 2.45) is 0 Å². The molecule has 0 unspecified atom stereocenters. The number of carbonyl (C=O) groups excluding carboxylic acids is 2. The van der Waals surface area contributed by atoms with Crippen LogP contribution in [0.1, 0.15) is 46.8 Å². The van der Waals surface area contributed by atoms with Crippen molar-refractivity contribution in [1.29, 1.82) is 0 Å². The first-order valence-corrected chi connectivity index (χ1v) is 11.2. The zero-order valence-corrected chi connectivity index (χ0v) is 18.8. The van der Waals surface area contributed by atoms with E-state index >= 15 is 0 Å². The van der Waals surface area contributed by atoms with E-state index in [1.807, 2.05) is 42.5 Å². The topological polar surface area (TPSA) is 71.1 Å². The van der Waals surface area contributed by atoms with Crippen LogP contribution < -0.4 is 14.8 Å². The quantitative estimate of drug-likeness (QED) is 0.653. The minimum Gasteiger partial charge on any atom is -0.493 e. The molecule has 0 radical (unpaired) electrons. The van der Waals surface area contributed by atoms with E-state index in [0.717, 1.165) is 30.8 Å². The van der Waals surface area contributed by atoms with Crippen LogP contribution in [0.3, 0.4) is 0 Å². The van der Waals surface area contributed by atoms with E-state index in [1.54, 1.807) is 19.1 Å². The number of hydrogen-bond acceptors (Lipinski definition) is 5. The molecule has 2 amide bonds. The highest BCUT2D eigenvalue weighted by atomic mass is 16.5. The Bertz CT molecular complexity index is 971. The van der Waals surface area contributed by atoms with Gasteiger partial charge in [-0.15, -0.1) is 0 Å². The van der Waals surface area contributed by atoms with Crippen LogP contribution in [0, 0.1) is 0 Å². The van der Waals surface area contributed by atoms with Gasteiger partial charge in [-0.1, -0.05) is 24.3 Å². The summed E-state index contributed by atoms with van der Waals surface area (Å²) in [6.07, 6.45) is 2.65. The number of nitrogens with zero attached hydrogens (tertiary/aromatic N) is 2. The summed E-state index contributed by atoms with van der Waals surface area (Å²) < 4.78 is 10.8. The molecule has 0 spiro atoms. The summed E-state index contributed by atoms with van der Waals surface area (Å²) in [6.45, 7) is 4.16. The van der Waals surface area contributed by atoms with Crippen molar-refractivity contribution in [1.82, 2.24) is 15.1 Å². The first-order valence-electron chi connectivity index (χ1n) is 11.2. The van der Waals surface area contributed by atoms with Crippen LogP contribution in [-0.4, -0.2) is 62.0 Å². The number of methoxy groups -OCH3 is 2. The van der Waals surface area contributed by atoms with E-state index in [4.69, 9.17) is 9.47 Å². The van der Waals surface area contributed by atoms with E-state index in [-0.39, 0.29) is 18.2 Å². The van der Waals surface area contributed by atoms with E-state index in [0.29, 0.717) is 30.2 Å². The lowest BCUT2D eigenvalue weighted by molar-refractivity contribution is -0.122. The fourth-order valence-electron chi connectivity index (χ4n) is 4.60. The third kappa shape index (κ3) is 4.72. The van der Waals surface area contributed by atoms with Crippen LogP contribution in [0.2, 0.25) is 0 Å². The number of benzene rings is 2. The van der Waals surface area contributed by atoms with E-state index in [1.165, 1.54) is 12.8 Å². The van der Waals surface area contributed by atoms with Crippen LogP contribution in [0.15, 0.2) is 42.5 Å². The smallest absolute Gasteiger partial charge is 0.255 e. The molecule has 32 heavy (non-hydrogen) atoms. The van der Waals surface area contributed by atoms with Gasteiger partial charge in [0.1, 0.15) is 0 Å². The second kappa shape index (κ2) is 10.0. The van der Waals surface area contributed by atoms with Gasteiger partial charge in [0.15, 0.2) is 11.5 Å². The average molecular weight is 438 g/mol. The number of amides is 2. The molecule has 2 aliphatic rings. The Hall–Kier alpha value is -3.06. The molecule has 0 saturated carbocycles. The number of fused-ring (bicyclic) bond motifs is 1. The van der Waals surface area contributed by atoms with Crippen LogP contribution >= 0.6 is 0 Å². The standard InChI is InChI=1S/C25H31N3O4/c1-31-22-10-9-18(15-23(22)32-2)21(16-24(29)26-11-14-27-12-5-6-13-27)28-17-19-7-3-4-8-20(19)25(28)30/h3-4,7-10,15,21H,5-6,11-14,16-17H2,1-2H3,(H,26,29)/t21-/m0/s1. The Morgan fingerprint density at radius 3 is 2.53 bits per heavy atom. The zero-order valence-electron chi connectivity index (χ0n) is 18.8. The zero-order chi connectivity index (χ0) is 22.5. The molecule has 0 bridgehead atoms. The largest absolute Gasteiger partial charge is 0.493 e. The molecule has 1 saturated heterocycles. The van der Waals surface area contributed by atoms with E-state index in [2.05, 4.69) is 10.2 Å². The lowest BCUT2D eigenvalue weighted by atomic mass is 10.0. The Kier molecular flexibility index (Phi) is 6.95. The first kappa shape index (κ1) is 22.1. The van der Waals surface area contributed by atoms with Gasteiger partial charge in [0.05, 0.1) is 26.7 Å². The van der Waals surface area contributed by atoms with Crippen LogP contribution in [0.5, 0.6) is 11.5 Å². The number of rotatable bonds is 9. The highest BCUT2D eigenvalue weighted by Gasteiger charge is 2.34. The van der Waals surface area contributed by atoms with Crippen LogP contribution in [0.4, 0.5) is 0 Å². The maximum Gasteiger partial charge on any atom is 0.255 e. The van der Waals surface area contributed by atoms with Gasteiger partial charge in [-0.05, 0) is 55.3 Å². The van der Waals surface area contributed by atoms with Crippen molar-refractivity contribution in [3.63, 3.8) is 0 Å². The molecule has 170 valence electrons. The molecule has 1 atom stereocenters. The number of likely N-dealkylation sites (tertiary alicyclic amines) is 1. The van der Waals surface area contributed by atoms with Crippen molar-refractivity contribution in [2.75, 3.05) is 40.4 Å².